The SMILES string of the molecule is CC(C)c1nc2ccccc2n1C(C)C. The summed E-state index contributed by atoms with van der Waals surface area (Å²) >= 11 is 0. The van der Waals surface area contributed by atoms with Crippen molar-refractivity contribution in [1.29, 1.82) is 0 Å². The molecule has 0 fully saturated rings. The van der Waals surface area contributed by atoms with Crippen molar-refractivity contribution in [3.05, 3.63) is 30.1 Å². The summed E-state index contributed by atoms with van der Waals surface area (Å²) in [6.07, 6.45) is 0. The number of para-hydroxylation sites is 2. The van der Waals surface area contributed by atoms with E-state index in [1.165, 1.54) is 11.3 Å². The third-order valence-corrected chi connectivity index (χ3v) is 2.66. The molecule has 0 aliphatic heterocycles. The summed E-state index contributed by atoms with van der Waals surface area (Å²) < 4.78 is 2.33. The highest BCUT2D eigenvalue weighted by Gasteiger charge is 2.14. The lowest BCUT2D eigenvalue weighted by atomic mass is 10.2. The first-order valence-corrected chi connectivity index (χ1v) is 5.58. The molecule has 2 aromatic rings. The van der Waals surface area contributed by atoms with E-state index in [-0.39, 0.29) is 0 Å². The van der Waals surface area contributed by atoms with Gasteiger partial charge >= 0.3 is 0 Å². The van der Waals surface area contributed by atoms with Crippen molar-refractivity contribution in [1.82, 2.24) is 9.55 Å². The van der Waals surface area contributed by atoms with E-state index in [1.54, 1.807) is 0 Å². The highest BCUT2D eigenvalue weighted by molar-refractivity contribution is 5.76. The third kappa shape index (κ3) is 1.65. The van der Waals surface area contributed by atoms with Crippen LogP contribution in [0.15, 0.2) is 24.3 Å². The van der Waals surface area contributed by atoms with Crippen LogP contribution >= 0.6 is 0 Å². The first-order chi connectivity index (χ1) is 7.11. The molecule has 0 bridgehead atoms. The molecule has 0 amide bonds. The molecule has 1 aromatic carbocycles. The predicted molar refractivity (Wildman–Crippen MR) is 64.2 cm³/mol. The van der Waals surface area contributed by atoms with E-state index in [9.17, 15) is 0 Å². The Balaban J connectivity index is 2.75. The highest BCUT2D eigenvalue weighted by atomic mass is 15.1. The normalized spacial score (nSPS) is 11.9. The lowest BCUT2D eigenvalue weighted by molar-refractivity contribution is 0.564. The second-order valence-corrected chi connectivity index (χ2v) is 4.58. The topological polar surface area (TPSA) is 17.8 Å². The van der Waals surface area contributed by atoms with Crippen molar-refractivity contribution < 1.29 is 0 Å². The van der Waals surface area contributed by atoms with E-state index in [4.69, 9.17) is 4.98 Å². The Kier molecular flexibility index (Phi) is 2.51. The van der Waals surface area contributed by atoms with Crippen molar-refractivity contribution >= 4 is 11.0 Å². The Morgan fingerprint density at radius 3 is 2.33 bits per heavy atom. The number of aromatic nitrogens is 2. The molecule has 1 aromatic heterocycles. The maximum atomic E-state index is 4.70. The second kappa shape index (κ2) is 3.69. The number of imidazole rings is 1. The van der Waals surface area contributed by atoms with Gasteiger partial charge in [0, 0.05) is 12.0 Å². The second-order valence-electron chi connectivity index (χ2n) is 4.58. The number of benzene rings is 1. The predicted octanol–water partition coefficient (Wildman–Crippen LogP) is 3.74. The number of hydrogen-bond donors (Lipinski definition) is 0. The largest absolute Gasteiger partial charge is 0.325 e. The molecule has 0 aliphatic rings. The summed E-state index contributed by atoms with van der Waals surface area (Å²) in [5.41, 5.74) is 2.35. The molecule has 0 N–H and O–H groups in total. The van der Waals surface area contributed by atoms with Crippen LogP contribution in [0.1, 0.15) is 45.5 Å². The van der Waals surface area contributed by atoms with Crippen LogP contribution in [-0.2, 0) is 0 Å². The van der Waals surface area contributed by atoms with Crippen LogP contribution in [0.3, 0.4) is 0 Å². The van der Waals surface area contributed by atoms with Crippen molar-refractivity contribution in [2.45, 2.75) is 39.7 Å². The number of nitrogens with zero attached hydrogens (tertiary/aromatic N) is 2. The average molecular weight is 202 g/mol. The van der Waals surface area contributed by atoms with Crippen LogP contribution in [0.2, 0.25) is 0 Å². The molecule has 0 saturated heterocycles. The first-order valence-electron chi connectivity index (χ1n) is 5.58. The van der Waals surface area contributed by atoms with E-state index in [0.717, 1.165) is 5.52 Å². The Morgan fingerprint density at radius 1 is 1.07 bits per heavy atom. The zero-order valence-electron chi connectivity index (χ0n) is 9.86. The average Bonchev–Trinajstić information content (AvgIpc) is 2.56. The number of hydrogen-bond acceptors (Lipinski definition) is 1. The molecule has 2 nitrogen and oxygen atoms in total. The zero-order chi connectivity index (χ0) is 11.0. The van der Waals surface area contributed by atoms with Gasteiger partial charge in [-0.25, -0.2) is 4.98 Å². The summed E-state index contributed by atoms with van der Waals surface area (Å²) in [4.78, 5) is 4.70. The molecule has 15 heavy (non-hydrogen) atoms. The molecular weight excluding hydrogens is 184 g/mol. The summed E-state index contributed by atoms with van der Waals surface area (Å²) in [5.74, 6) is 1.66. The van der Waals surface area contributed by atoms with Crippen LogP contribution in [0.25, 0.3) is 11.0 Å². The molecule has 0 unspecified atom stereocenters. The van der Waals surface area contributed by atoms with Gasteiger partial charge in [-0.1, -0.05) is 26.0 Å². The fraction of sp³-hybridized carbons (Fsp3) is 0.462. The van der Waals surface area contributed by atoms with Gasteiger partial charge in [0.1, 0.15) is 5.82 Å². The summed E-state index contributed by atoms with van der Waals surface area (Å²) in [5, 5.41) is 0. The summed E-state index contributed by atoms with van der Waals surface area (Å²) in [6.45, 7) is 8.81. The molecule has 0 aliphatic carbocycles. The quantitative estimate of drug-likeness (QED) is 0.725. The Hall–Kier alpha value is -1.31. The van der Waals surface area contributed by atoms with E-state index in [2.05, 4.69) is 50.5 Å². The van der Waals surface area contributed by atoms with Gasteiger partial charge in [-0.15, -0.1) is 0 Å². The Labute approximate surface area is 90.9 Å². The maximum Gasteiger partial charge on any atom is 0.112 e. The monoisotopic (exact) mass is 202 g/mol. The standard InChI is InChI=1S/C13H18N2/c1-9(2)13-14-11-7-5-6-8-12(11)15(13)10(3)4/h5-10H,1-4H3. The van der Waals surface area contributed by atoms with E-state index in [0.29, 0.717) is 12.0 Å². The van der Waals surface area contributed by atoms with E-state index >= 15 is 0 Å². The minimum Gasteiger partial charge on any atom is -0.325 e. The van der Waals surface area contributed by atoms with Gasteiger partial charge in [-0.05, 0) is 26.0 Å². The van der Waals surface area contributed by atoms with Gasteiger partial charge in [0.25, 0.3) is 0 Å². The minimum absolute atomic E-state index is 0.467. The van der Waals surface area contributed by atoms with E-state index in [1.807, 2.05) is 6.07 Å². The molecule has 0 saturated carbocycles. The maximum absolute atomic E-state index is 4.70. The van der Waals surface area contributed by atoms with Gasteiger partial charge < -0.3 is 4.57 Å². The fourth-order valence-corrected chi connectivity index (χ4v) is 2.01. The number of rotatable bonds is 2. The van der Waals surface area contributed by atoms with Gasteiger partial charge in [-0.2, -0.15) is 0 Å². The van der Waals surface area contributed by atoms with Crippen LogP contribution in [0, 0.1) is 0 Å². The molecule has 2 heteroatoms. The molecule has 80 valence electrons. The lowest BCUT2D eigenvalue weighted by Crippen LogP contribution is -2.07. The van der Waals surface area contributed by atoms with Gasteiger partial charge in [0.05, 0.1) is 11.0 Å². The van der Waals surface area contributed by atoms with Gasteiger partial charge in [0.15, 0.2) is 0 Å². The minimum atomic E-state index is 0.467. The molecule has 2 rings (SSSR count). The lowest BCUT2D eigenvalue weighted by Gasteiger charge is -2.14. The number of fused-ring (bicyclic) bond motifs is 1. The van der Waals surface area contributed by atoms with Crippen molar-refractivity contribution in [3.63, 3.8) is 0 Å². The van der Waals surface area contributed by atoms with E-state index < -0.39 is 0 Å². The third-order valence-electron chi connectivity index (χ3n) is 2.66. The Bertz CT molecular complexity index is 466. The fourth-order valence-electron chi connectivity index (χ4n) is 2.01. The van der Waals surface area contributed by atoms with Crippen molar-refractivity contribution in [3.8, 4) is 0 Å². The first kappa shape index (κ1) is 10.2. The smallest absolute Gasteiger partial charge is 0.112 e. The van der Waals surface area contributed by atoms with Crippen LogP contribution in [-0.4, -0.2) is 9.55 Å². The Morgan fingerprint density at radius 2 is 1.73 bits per heavy atom. The van der Waals surface area contributed by atoms with Crippen molar-refractivity contribution in [2.75, 3.05) is 0 Å². The van der Waals surface area contributed by atoms with Crippen LogP contribution in [0.4, 0.5) is 0 Å². The summed E-state index contributed by atoms with van der Waals surface area (Å²) in [7, 11) is 0. The molecule has 0 radical (unpaired) electrons. The highest BCUT2D eigenvalue weighted by Crippen LogP contribution is 2.25. The summed E-state index contributed by atoms with van der Waals surface area (Å²) in [6, 6.07) is 8.82. The molecule has 0 atom stereocenters. The molecule has 0 spiro atoms. The van der Waals surface area contributed by atoms with Crippen LogP contribution in [0.5, 0.6) is 0 Å². The van der Waals surface area contributed by atoms with Gasteiger partial charge in [-0.3, -0.25) is 0 Å². The van der Waals surface area contributed by atoms with Crippen molar-refractivity contribution in [2.24, 2.45) is 0 Å². The molecular formula is C13H18N2. The molecule has 1 heterocycles. The zero-order valence-corrected chi connectivity index (χ0v) is 9.86. The van der Waals surface area contributed by atoms with Crippen LogP contribution < -0.4 is 0 Å². The van der Waals surface area contributed by atoms with Gasteiger partial charge in [0.2, 0.25) is 0 Å².